The van der Waals surface area contributed by atoms with Crippen molar-refractivity contribution in [3.63, 3.8) is 0 Å². The molecule has 124 valence electrons. The molecule has 0 spiro atoms. The predicted molar refractivity (Wildman–Crippen MR) is 86.0 cm³/mol. The summed E-state index contributed by atoms with van der Waals surface area (Å²) in [5, 5.41) is 29.6. The zero-order chi connectivity index (χ0) is 16.7. The molecular weight excluding hydrogens is 310 g/mol. The summed E-state index contributed by atoms with van der Waals surface area (Å²) >= 11 is 0. The zero-order valence-electron chi connectivity index (χ0n) is 12.7. The second-order valence-electron chi connectivity index (χ2n) is 5.80. The standard InChI is InChI=1S/C17H17N3O4/c21-8-13-15(22)16(23)17(24-13)20-9-19-12-5-1-4-11(14(12)20)10-3-2-6-18-7-10/h1-7,9,13,15-17,21-23H,8H2/t13-,15-,16-,17-/m1/s1. The average molecular weight is 327 g/mol. The SMILES string of the molecule is OC[C@H]1O[C@@H](n2cnc3cccc(-c4cccnc4)c32)[C@H](O)[C@@H]1O. The van der Waals surface area contributed by atoms with Crippen LogP contribution in [0.25, 0.3) is 22.2 Å². The lowest BCUT2D eigenvalue weighted by Crippen LogP contribution is -2.33. The van der Waals surface area contributed by atoms with Gasteiger partial charge in [-0.25, -0.2) is 4.98 Å². The molecule has 4 atom stereocenters. The molecular formula is C17H17N3O4. The molecule has 0 aliphatic carbocycles. The van der Waals surface area contributed by atoms with Crippen molar-refractivity contribution in [2.24, 2.45) is 0 Å². The Kier molecular flexibility index (Phi) is 3.78. The number of imidazole rings is 1. The summed E-state index contributed by atoms with van der Waals surface area (Å²) in [6.07, 6.45) is 1.08. The Balaban J connectivity index is 1.86. The average Bonchev–Trinajstić information content (AvgIpc) is 3.17. The highest BCUT2D eigenvalue weighted by molar-refractivity contribution is 5.92. The zero-order valence-corrected chi connectivity index (χ0v) is 12.7. The maximum atomic E-state index is 10.3. The number of hydrogen-bond donors (Lipinski definition) is 3. The number of rotatable bonds is 3. The van der Waals surface area contributed by atoms with Crippen LogP contribution in [0.5, 0.6) is 0 Å². The maximum Gasteiger partial charge on any atom is 0.164 e. The van der Waals surface area contributed by atoms with Gasteiger partial charge < -0.3 is 24.6 Å². The first-order valence-corrected chi connectivity index (χ1v) is 7.69. The maximum absolute atomic E-state index is 10.3. The van der Waals surface area contributed by atoms with Crippen molar-refractivity contribution in [1.82, 2.24) is 14.5 Å². The van der Waals surface area contributed by atoms with Crippen molar-refractivity contribution < 1.29 is 20.1 Å². The van der Waals surface area contributed by atoms with E-state index >= 15 is 0 Å². The van der Waals surface area contributed by atoms with Crippen molar-refractivity contribution in [2.45, 2.75) is 24.5 Å². The highest BCUT2D eigenvalue weighted by atomic mass is 16.6. The van der Waals surface area contributed by atoms with Crippen molar-refractivity contribution in [3.8, 4) is 11.1 Å². The van der Waals surface area contributed by atoms with Gasteiger partial charge in [0.15, 0.2) is 6.23 Å². The minimum atomic E-state index is -1.15. The van der Waals surface area contributed by atoms with Crippen LogP contribution in [0, 0.1) is 0 Å². The largest absolute Gasteiger partial charge is 0.394 e. The first-order valence-electron chi connectivity index (χ1n) is 7.69. The molecule has 1 fully saturated rings. The van der Waals surface area contributed by atoms with Gasteiger partial charge in [-0.2, -0.15) is 0 Å². The van der Waals surface area contributed by atoms with E-state index in [9.17, 15) is 15.3 Å². The van der Waals surface area contributed by atoms with E-state index in [2.05, 4.69) is 9.97 Å². The van der Waals surface area contributed by atoms with E-state index in [4.69, 9.17) is 4.74 Å². The lowest BCUT2D eigenvalue weighted by molar-refractivity contribution is -0.0508. The third-order valence-electron chi connectivity index (χ3n) is 4.36. The summed E-state index contributed by atoms with van der Waals surface area (Å²) in [5.74, 6) is 0. The lowest BCUT2D eigenvalue weighted by Gasteiger charge is -2.18. The van der Waals surface area contributed by atoms with Crippen molar-refractivity contribution in [3.05, 3.63) is 49.1 Å². The molecule has 0 unspecified atom stereocenters. The third-order valence-corrected chi connectivity index (χ3v) is 4.36. The van der Waals surface area contributed by atoms with Gasteiger partial charge in [0.05, 0.1) is 24.0 Å². The van der Waals surface area contributed by atoms with Gasteiger partial charge >= 0.3 is 0 Å². The monoisotopic (exact) mass is 327 g/mol. The van der Waals surface area contributed by atoms with Crippen molar-refractivity contribution in [2.75, 3.05) is 6.61 Å². The summed E-state index contributed by atoms with van der Waals surface area (Å²) in [4.78, 5) is 8.52. The molecule has 1 aliphatic heterocycles. The number of nitrogens with zero attached hydrogens (tertiary/aromatic N) is 3. The summed E-state index contributed by atoms with van der Waals surface area (Å²) in [6, 6.07) is 9.50. The summed E-state index contributed by atoms with van der Waals surface area (Å²) in [5.41, 5.74) is 3.34. The van der Waals surface area contributed by atoms with Crippen molar-refractivity contribution in [1.29, 1.82) is 0 Å². The number of aliphatic hydroxyl groups is 3. The fourth-order valence-corrected chi connectivity index (χ4v) is 3.15. The molecule has 7 nitrogen and oxygen atoms in total. The van der Waals surface area contributed by atoms with Crippen LogP contribution in [0.1, 0.15) is 6.23 Å². The van der Waals surface area contributed by atoms with Crippen LogP contribution in [-0.2, 0) is 4.74 Å². The molecule has 0 bridgehead atoms. The molecule has 0 amide bonds. The smallest absolute Gasteiger partial charge is 0.164 e. The molecule has 7 heteroatoms. The Hall–Kier alpha value is -2.32. The number of hydrogen-bond acceptors (Lipinski definition) is 6. The Morgan fingerprint density at radius 2 is 2.00 bits per heavy atom. The molecule has 4 rings (SSSR count). The second-order valence-corrected chi connectivity index (χ2v) is 5.80. The minimum absolute atomic E-state index is 0.364. The Morgan fingerprint density at radius 3 is 2.71 bits per heavy atom. The highest BCUT2D eigenvalue weighted by Gasteiger charge is 2.43. The summed E-state index contributed by atoms with van der Waals surface area (Å²) in [6.45, 7) is -0.364. The Morgan fingerprint density at radius 1 is 1.12 bits per heavy atom. The van der Waals surface area contributed by atoms with Crippen molar-refractivity contribution >= 4 is 11.0 Å². The summed E-state index contributed by atoms with van der Waals surface area (Å²) < 4.78 is 7.33. The molecule has 1 aliphatic rings. The molecule has 0 radical (unpaired) electrons. The molecule has 3 heterocycles. The molecule has 3 aromatic rings. The van der Waals surface area contributed by atoms with E-state index in [1.807, 2.05) is 30.3 Å². The van der Waals surface area contributed by atoms with Gasteiger partial charge in [-0.3, -0.25) is 4.98 Å². The molecule has 3 N–H and O–H groups in total. The number of aliphatic hydroxyl groups excluding tert-OH is 3. The fourth-order valence-electron chi connectivity index (χ4n) is 3.15. The molecule has 0 saturated carbocycles. The van der Waals surface area contributed by atoms with E-state index < -0.39 is 24.5 Å². The quantitative estimate of drug-likeness (QED) is 0.655. The van der Waals surface area contributed by atoms with Crippen LogP contribution in [0.3, 0.4) is 0 Å². The van der Waals surface area contributed by atoms with Crippen LogP contribution >= 0.6 is 0 Å². The van der Waals surface area contributed by atoms with Crippen LogP contribution in [0.2, 0.25) is 0 Å². The Bertz CT molecular complexity index is 851. The first kappa shape index (κ1) is 15.2. The third kappa shape index (κ3) is 2.30. The first-order chi connectivity index (χ1) is 11.7. The molecule has 24 heavy (non-hydrogen) atoms. The van der Waals surface area contributed by atoms with E-state index in [1.165, 1.54) is 0 Å². The second kappa shape index (κ2) is 5.95. The van der Waals surface area contributed by atoms with Gasteiger partial charge in [0, 0.05) is 23.5 Å². The number of aromatic nitrogens is 3. The topological polar surface area (TPSA) is 101 Å². The minimum Gasteiger partial charge on any atom is -0.394 e. The van der Waals surface area contributed by atoms with Gasteiger partial charge in [-0.05, 0) is 12.1 Å². The molecule has 2 aromatic heterocycles. The molecule has 1 saturated heterocycles. The highest BCUT2D eigenvalue weighted by Crippen LogP contribution is 2.35. The Labute approximate surface area is 137 Å². The normalized spacial score (nSPS) is 27.0. The van der Waals surface area contributed by atoms with Crippen LogP contribution in [-0.4, -0.2) is 54.8 Å². The molecule has 1 aromatic carbocycles. The number of ether oxygens (including phenoxy) is 1. The van der Waals surface area contributed by atoms with Crippen LogP contribution in [0.15, 0.2) is 49.1 Å². The number of benzene rings is 1. The number of pyridine rings is 1. The lowest BCUT2D eigenvalue weighted by atomic mass is 10.1. The van der Waals surface area contributed by atoms with Crippen LogP contribution < -0.4 is 0 Å². The van der Waals surface area contributed by atoms with Gasteiger partial charge in [0.1, 0.15) is 18.3 Å². The van der Waals surface area contributed by atoms with E-state index in [0.29, 0.717) is 0 Å². The van der Waals surface area contributed by atoms with Gasteiger partial charge in [-0.1, -0.05) is 18.2 Å². The van der Waals surface area contributed by atoms with E-state index in [0.717, 1.165) is 22.2 Å². The van der Waals surface area contributed by atoms with Gasteiger partial charge in [-0.15, -0.1) is 0 Å². The van der Waals surface area contributed by atoms with E-state index in [1.54, 1.807) is 23.3 Å². The predicted octanol–water partition coefficient (Wildman–Crippen LogP) is 0.710. The number of fused-ring (bicyclic) bond motifs is 1. The summed E-state index contributed by atoms with van der Waals surface area (Å²) in [7, 11) is 0. The van der Waals surface area contributed by atoms with E-state index in [-0.39, 0.29) is 6.61 Å². The number of para-hydroxylation sites is 1. The fraction of sp³-hybridized carbons (Fsp3) is 0.294. The van der Waals surface area contributed by atoms with Gasteiger partial charge in [0.2, 0.25) is 0 Å². The van der Waals surface area contributed by atoms with Crippen LogP contribution in [0.4, 0.5) is 0 Å². The van der Waals surface area contributed by atoms with Gasteiger partial charge in [0.25, 0.3) is 0 Å².